The molecule has 2 aromatic carbocycles. The van der Waals surface area contributed by atoms with Crippen LogP contribution >= 0.6 is 0 Å². The molecule has 0 spiro atoms. The number of fused-ring (bicyclic) bond motifs is 1. The highest BCUT2D eigenvalue weighted by molar-refractivity contribution is 7.91. The van der Waals surface area contributed by atoms with E-state index >= 15 is 0 Å². The number of aliphatic imine (C=N–C) groups is 1. The lowest BCUT2D eigenvalue weighted by molar-refractivity contribution is 0.297. The molecule has 0 saturated heterocycles. The van der Waals surface area contributed by atoms with Crippen molar-refractivity contribution in [1.29, 1.82) is 0 Å². The number of nitrogens with one attached hydrogen (secondary N) is 1. The number of guanidine groups is 1. The highest BCUT2D eigenvalue weighted by atomic mass is 32.2. The minimum atomic E-state index is -3.24. The van der Waals surface area contributed by atoms with Gasteiger partial charge in [-0.25, -0.2) is 13.4 Å². The predicted octanol–water partition coefficient (Wildman–Crippen LogP) is 2.57. The first kappa shape index (κ1) is 19.0. The molecule has 1 heterocycles. The molecule has 0 aliphatic carbocycles. The summed E-state index contributed by atoms with van der Waals surface area (Å²) in [5.74, 6) is 1.67. The molecular formula is C19H23N3O4S. The average molecular weight is 389 g/mol. The first-order chi connectivity index (χ1) is 13.0. The molecule has 1 aliphatic heterocycles. The lowest BCUT2D eigenvalue weighted by Gasteiger charge is -2.11. The summed E-state index contributed by atoms with van der Waals surface area (Å²) in [5, 5.41) is 3.01. The van der Waals surface area contributed by atoms with Gasteiger partial charge in [0.1, 0.15) is 0 Å². The van der Waals surface area contributed by atoms with Crippen molar-refractivity contribution in [2.45, 2.75) is 24.8 Å². The average Bonchev–Trinajstić information content (AvgIpc) is 2.91. The zero-order valence-corrected chi connectivity index (χ0v) is 16.0. The topological polar surface area (TPSA) is 103 Å². The summed E-state index contributed by atoms with van der Waals surface area (Å²) >= 11 is 0. The third-order valence-electron chi connectivity index (χ3n) is 4.09. The molecular weight excluding hydrogens is 366 g/mol. The van der Waals surface area contributed by atoms with E-state index in [9.17, 15) is 8.42 Å². The maximum atomic E-state index is 12.0. The summed E-state index contributed by atoms with van der Waals surface area (Å²) < 4.78 is 35.2. The molecule has 0 aromatic heterocycles. The van der Waals surface area contributed by atoms with E-state index in [0.717, 1.165) is 17.7 Å². The molecule has 7 nitrogen and oxygen atoms in total. The molecule has 3 N–H and O–H groups in total. The van der Waals surface area contributed by atoms with Gasteiger partial charge in [-0.05, 0) is 29.8 Å². The van der Waals surface area contributed by atoms with Crippen molar-refractivity contribution in [3.63, 3.8) is 0 Å². The van der Waals surface area contributed by atoms with Gasteiger partial charge in [-0.15, -0.1) is 0 Å². The van der Waals surface area contributed by atoms with Gasteiger partial charge in [0.2, 0.25) is 0 Å². The Kier molecular flexibility index (Phi) is 5.85. The van der Waals surface area contributed by atoms with Gasteiger partial charge in [0.05, 0.1) is 30.4 Å². The van der Waals surface area contributed by atoms with Gasteiger partial charge in [-0.2, -0.15) is 0 Å². The van der Waals surface area contributed by atoms with Crippen LogP contribution in [0.5, 0.6) is 11.5 Å². The van der Waals surface area contributed by atoms with Crippen LogP contribution in [0, 0.1) is 0 Å². The Morgan fingerprint density at radius 2 is 1.93 bits per heavy atom. The van der Waals surface area contributed by atoms with E-state index in [-0.39, 0.29) is 18.3 Å². The maximum Gasteiger partial charge on any atom is 0.193 e. The van der Waals surface area contributed by atoms with Crippen molar-refractivity contribution >= 4 is 21.5 Å². The first-order valence-corrected chi connectivity index (χ1v) is 10.4. The van der Waals surface area contributed by atoms with E-state index in [1.165, 1.54) is 0 Å². The second-order valence-corrected chi connectivity index (χ2v) is 8.37. The fourth-order valence-electron chi connectivity index (χ4n) is 2.61. The van der Waals surface area contributed by atoms with Gasteiger partial charge in [0, 0.05) is 18.2 Å². The molecule has 0 unspecified atom stereocenters. The molecule has 0 bridgehead atoms. The Labute approximate surface area is 159 Å². The number of ether oxygens (including phenoxy) is 2. The summed E-state index contributed by atoms with van der Waals surface area (Å²) in [6, 6.07) is 12.2. The first-order valence-electron chi connectivity index (χ1n) is 8.76. The fourth-order valence-corrected chi connectivity index (χ4v) is 3.56. The van der Waals surface area contributed by atoms with E-state index in [1.807, 2.05) is 24.3 Å². The van der Waals surface area contributed by atoms with Crippen LogP contribution in [0.25, 0.3) is 0 Å². The Balaban J connectivity index is 1.68. The Morgan fingerprint density at radius 1 is 1.15 bits per heavy atom. The van der Waals surface area contributed by atoms with Crippen LogP contribution in [0.15, 0.2) is 52.4 Å². The number of nitrogens with two attached hydrogens (primary N) is 1. The molecule has 0 radical (unpaired) electrons. The van der Waals surface area contributed by atoms with Crippen LogP contribution in [0.3, 0.4) is 0 Å². The maximum absolute atomic E-state index is 12.0. The molecule has 8 heteroatoms. The summed E-state index contributed by atoms with van der Waals surface area (Å²) in [7, 11) is -3.24. The van der Waals surface area contributed by atoms with Crippen LogP contribution in [0.2, 0.25) is 0 Å². The normalized spacial score (nSPS) is 14.5. The van der Waals surface area contributed by atoms with Crippen LogP contribution in [-0.4, -0.2) is 33.3 Å². The van der Waals surface area contributed by atoms with E-state index in [1.54, 1.807) is 25.1 Å². The third kappa shape index (κ3) is 4.91. The Bertz CT molecular complexity index is 942. The highest BCUT2D eigenvalue weighted by Gasteiger charge is 2.12. The van der Waals surface area contributed by atoms with Gasteiger partial charge in [0.25, 0.3) is 0 Å². The van der Waals surface area contributed by atoms with E-state index in [2.05, 4.69) is 10.3 Å². The molecule has 0 fully saturated rings. The van der Waals surface area contributed by atoms with Crippen molar-refractivity contribution in [3.05, 3.63) is 48.0 Å². The number of benzene rings is 2. The summed E-state index contributed by atoms with van der Waals surface area (Å²) in [4.78, 5) is 4.58. The molecule has 144 valence electrons. The molecule has 2 aromatic rings. The van der Waals surface area contributed by atoms with Crippen molar-refractivity contribution in [3.8, 4) is 11.5 Å². The van der Waals surface area contributed by atoms with E-state index in [4.69, 9.17) is 15.2 Å². The Hall–Kier alpha value is -2.74. The molecule has 3 rings (SSSR count). The number of sulfone groups is 1. The number of hydrogen-bond acceptors (Lipinski definition) is 5. The largest absolute Gasteiger partial charge is 0.490 e. The minimum Gasteiger partial charge on any atom is -0.490 e. The third-order valence-corrected chi connectivity index (χ3v) is 5.82. The van der Waals surface area contributed by atoms with Crippen LogP contribution in [0.1, 0.15) is 18.9 Å². The van der Waals surface area contributed by atoms with Gasteiger partial charge in [-0.3, -0.25) is 0 Å². The van der Waals surface area contributed by atoms with E-state index < -0.39 is 9.84 Å². The summed E-state index contributed by atoms with van der Waals surface area (Å²) in [6.45, 7) is 3.14. The lowest BCUT2D eigenvalue weighted by atomic mass is 10.2. The van der Waals surface area contributed by atoms with Gasteiger partial charge in [-0.1, -0.05) is 19.1 Å². The van der Waals surface area contributed by atoms with Gasteiger partial charge >= 0.3 is 0 Å². The molecule has 0 saturated carbocycles. The zero-order chi connectivity index (χ0) is 19.3. The second-order valence-electron chi connectivity index (χ2n) is 6.09. The van der Waals surface area contributed by atoms with Crippen molar-refractivity contribution in [1.82, 2.24) is 0 Å². The number of hydrogen-bond donors (Lipinski definition) is 2. The highest BCUT2D eigenvalue weighted by Crippen LogP contribution is 2.32. The van der Waals surface area contributed by atoms with Crippen molar-refractivity contribution in [2.24, 2.45) is 10.7 Å². The summed E-state index contributed by atoms with van der Waals surface area (Å²) in [6.07, 6.45) is 0.841. The molecule has 0 atom stereocenters. The smallest absolute Gasteiger partial charge is 0.193 e. The molecule has 27 heavy (non-hydrogen) atoms. The SMILES string of the molecule is CCS(=O)(=O)c1cccc(CN=C(N)Nc2ccc3c(c2)OCCCO3)c1. The van der Waals surface area contributed by atoms with Crippen LogP contribution in [-0.2, 0) is 16.4 Å². The van der Waals surface area contributed by atoms with Crippen molar-refractivity contribution in [2.75, 3.05) is 24.3 Å². The fraction of sp³-hybridized carbons (Fsp3) is 0.316. The van der Waals surface area contributed by atoms with Gasteiger partial charge < -0.3 is 20.5 Å². The number of rotatable bonds is 5. The zero-order valence-electron chi connectivity index (χ0n) is 15.1. The van der Waals surface area contributed by atoms with Crippen molar-refractivity contribution < 1.29 is 17.9 Å². The van der Waals surface area contributed by atoms with Crippen LogP contribution in [0.4, 0.5) is 5.69 Å². The number of anilines is 1. The van der Waals surface area contributed by atoms with Crippen LogP contribution < -0.4 is 20.5 Å². The molecule has 0 amide bonds. The Morgan fingerprint density at radius 3 is 2.70 bits per heavy atom. The van der Waals surface area contributed by atoms with Gasteiger partial charge in [0.15, 0.2) is 27.3 Å². The lowest BCUT2D eigenvalue weighted by Crippen LogP contribution is -2.22. The monoisotopic (exact) mass is 389 g/mol. The minimum absolute atomic E-state index is 0.0630. The summed E-state index contributed by atoms with van der Waals surface area (Å²) in [5.41, 5.74) is 7.47. The quantitative estimate of drug-likeness (QED) is 0.602. The number of nitrogens with zero attached hydrogens (tertiary/aromatic N) is 1. The second kappa shape index (κ2) is 8.30. The van der Waals surface area contributed by atoms with E-state index in [0.29, 0.717) is 29.6 Å². The standard InChI is InChI=1S/C19H23N3O4S/c1-2-27(23,24)16-6-3-5-14(11-16)13-21-19(20)22-15-7-8-17-18(12-15)26-10-4-9-25-17/h3,5-8,11-12H,2,4,9-10,13H2,1H3,(H3,20,21,22). The molecule has 1 aliphatic rings. The predicted molar refractivity (Wildman–Crippen MR) is 105 cm³/mol.